The summed E-state index contributed by atoms with van der Waals surface area (Å²) in [6.45, 7) is 0.706. The third-order valence-corrected chi connectivity index (χ3v) is 3.45. The van der Waals surface area contributed by atoms with Crippen molar-refractivity contribution in [3.63, 3.8) is 0 Å². The maximum atomic E-state index is 10.1. The van der Waals surface area contributed by atoms with Crippen molar-refractivity contribution in [2.24, 2.45) is 0 Å². The van der Waals surface area contributed by atoms with Gasteiger partial charge in [0.1, 0.15) is 18.2 Å². The van der Waals surface area contributed by atoms with Crippen LogP contribution < -0.4 is 4.74 Å². The molecule has 0 saturated heterocycles. The van der Waals surface area contributed by atoms with Crippen LogP contribution in [0.1, 0.15) is 23.1 Å². The van der Waals surface area contributed by atoms with Crippen LogP contribution in [0.15, 0.2) is 22.9 Å². The van der Waals surface area contributed by atoms with Gasteiger partial charge in [0.05, 0.1) is 6.61 Å². The number of H-pyrrole nitrogens is 1. The monoisotopic (exact) mass is 309 g/mol. The Morgan fingerprint density at radius 2 is 2.39 bits per heavy atom. The Morgan fingerprint density at radius 3 is 3.17 bits per heavy atom. The van der Waals surface area contributed by atoms with Crippen LogP contribution in [0, 0.1) is 0 Å². The number of aromatic amines is 1. The van der Waals surface area contributed by atoms with Crippen LogP contribution in [-0.2, 0) is 12.8 Å². The summed E-state index contributed by atoms with van der Waals surface area (Å²) in [4.78, 5) is 3.96. The average molecular weight is 310 g/mol. The lowest BCUT2D eigenvalue weighted by molar-refractivity contribution is 0.167. The molecule has 3 rings (SSSR count). The first-order valence-corrected chi connectivity index (χ1v) is 6.51. The average Bonchev–Trinajstić information content (AvgIpc) is 2.98. The molecule has 1 unspecified atom stereocenters. The molecule has 1 aliphatic rings. The zero-order chi connectivity index (χ0) is 12.5. The minimum absolute atomic E-state index is 0.455. The Balaban J connectivity index is 1.89. The van der Waals surface area contributed by atoms with E-state index in [-0.39, 0.29) is 0 Å². The number of aliphatic hydroxyl groups excluding tert-OH is 1. The number of nitrogens with zero attached hydrogens (tertiary/aromatic N) is 2. The fraction of sp³-hybridized carbons (Fsp3) is 0.333. The highest BCUT2D eigenvalue weighted by molar-refractivity contribution is 9.10. The first-order valence-electron chi connectivity index (χ1n) is 5.71. The molecule has 2 N–H and O–H groups in total. The molecule has 1 atom stereocenters. The van der Waals surface area contributed by atoms with Gasteiger partial charge in [-0.3, -0.25) is 5.10 Å². The summed E-state index contributed by atoms with van der Waals surface area (Å²) >= 11 is 3.48. The zero-order valence-electron chi connectivity index (χ0n) is 9.56. The van der Waals surface area contributed by atoms with Crippen molar-refractivity contribution in [3.05, 3.63) is 39.9 Å². The number of nitrogens with one attached hydrogen (secondary N) is 1. The summed E-state index contributed by atoms with van der Waals surface area (Å²) in [5, 5.41) is 16.5. The normalized spacial score (nSPS) is 15.2. The first-order chi connectivity index (χ1) is 8.74. The van der Waals surface area contributed by atoms with E-state index in [9.17, 15) is 5.11 Å². The van der Waals surface area contributed by atoms with Crippen LogP contribution >= 0.6 is 15.9 Å². The van der Waals surface area contributed by atoms with Crippen molar-refractivity contribution in [1.29, 1.82) is 0 Å². The van der Waals surface area contributed by atoms with Crippen molar-refractivity contribution in [2.45, 2.75) is 18.9 Å². The second-order valence-electron chi connectivity index (χ2n) is 4.24. The van der Waals surface area contributed by atoms with Gasteiger partial charge >= 0.3 is 0 Å². The quantitative estimate of drug-likeness (QED) is 0.906. The van der Waals surface area contributed by atoms with Crippen LogP contribution in [0.4, 0.5) is 0 Å². The van der Waals surface area contributed by atoms with Gasteiger partial charge in [-0.25, -0.2) is 4.98 Å². The number of fused-ring (bicyclic) bond motifs is 1. The van der Waals surface area contributed by atoms with Gasteiger partial charge in [-0.1, -0.05) is 15.9 Å². The number of hydrogen-bond donors (Lipinski definition) is 2. The van der Waals surface area contributed by atoms with Gasteiger partial charge in [-0.05, 0) is 23.3 Å². The molecule has 0 spiro atoms. The van der Waals surface area contributed by atoms with Crippen molar-refractivity contribution >= 4 is 15.9 Å². The van der Waals surface area contributed by atoms with E-state index < -0.39 is 6.10 Å². The standard InChI is InChI=1S/C12H12BrN3O2/c13-9-3-7-1-2-18-11(7)8(4-9)5-10(17)12-14-6-15-16-12/h3-4,6,10,17H,1-2,5H2,(H,14,15,16). The molecule has 2 heterocycles. The van der Waals surface area contributed by atoms with E-state index in [1.165, 1.54) is 11.9 Å². The molecule has 18 heavy (non-hydrogen) atoms. The molecule has 0 radical (unpaired) electrons. The van der Waals surface area contributed by atoms with Crippen molar-refractivity contribution < 1.29 is 9.84 Å². The number of aromatic nitrogens is 3. The minimum Gasteiger partial charge on any atom is -0.493 e. The molecule has 5 nitrogen and oxygen atoms in total. The van der Waals surface area contributed by atoms with Gasteiger partial charge in [0, 0.05) is 17.3 Å². The van der Waals surface area contributed by atoms with E-state index in [0.717, 1.165) is 22.2 Å². The molecule has 6 heteroatoms. The highest BCUT2D eigenvalue weighted by Gasteiger charge is 2.20. The summed E-state index contributed by atoms with van der Waals surface area (Å²) < 4.78 is 6.63. The van der Waals surface area contributed by atoms with Crippen LogP contribution in [-0.4, -0.2) is 26.9 Å². The molecular formula is C12H12BrN3O2. The number of benzene rings is 1. The molecule has 0 fully saturated rings. The molecule has 94 valence electrons. The summed E-state index contributed by atoms with van der Waals surface area (Å²) in [7, 11) is 0. The third-order valence-electron chi connectivity index (χ3n) is 2.99. The molecule has 1 aromatic heterocycles. The van der Waals surface area contributed by atoms with Crippen molar-refractivity contribution in [2.75, 3.05) is 6.61 Å². The minimum atomic E-state index is -0.699. The maximum absolute atomic E-state index is 10.1. The lowest BCUT2D eigenvalue weighted by Gasteiger charge is -2.12. The predicted molar refractivity (Wildman–Crippen MR) is 68.4 cm³/mol. The summed E-state index contributed by atoms with van der Waals surface area (Å²) in [5.74, 6) is 1.37. The number of aliphatic hydroxyl groups is 1. The number of halogens is 1. The van der Waals surface area contributed by atoms with Gasteiger partial charge in [-0.15, -0.1) is 0 Å². The van der Waals surface area contributed by atoms with Crippen molar-refractivity contribution in [3.8, 4) is 5.75 Å². The summed E-state index contributed by atoms with van der Waals surface area (Å²) in [6, 6.07) is 4.04. The van der Waals surface area contributed by atoms with E-state index in [1.807, 2.05) is 6.07 Å². The van der Waals surface area contributed by atoms with E-state index >= 15 is 0 Å². The topological polar surface area (TPSA) is 71.0 Å². The van der Waals surface area contributed by atoms with E-state index in [1.54, 1.807) is 0 Å². The zero-order valence-corrected chi connectivity index (χ0v) is 11.1. The molecule has 2 aromatic rings. The fourth-order valence-corrected chi connectivity index (χ4v) is 2.73. The summed E-state index contributed by atoms with van der Waals surface area (Å²) in [6.07, 6.45) is 2.06. The Hall–Kier alpha value is -1.40. The molecule has 0 saturated carbocycles. The number of ether oxygens (including phenoxy) is 1. The van der Waals surface area contributed by atoms with Crippen LogP contribution in [0.25, 0.3) is 0 Å². The second kappa shape index (κ2) is 4.70. The van der Waals surface area contributed by atoms with E-state index in [0.29, 0.717) is 18.9 Å². The predicted octanol–water partition coefficient (Wildman–Crippen LogP) is 1.78. The van der Waals surface area contributed by atoms with Gasteiger partial charge in [0.25, 0.3) is 0 Å². The first kappa shape index (κ1) is 11.7. The molecular weight excluding hydrogens is 298 g/mol. The number of hydrogen-bond acceptors (Lipinski definition) is 4. The lowest BCUT2D eigenvalue weighted by Crippen LogP contribution is -2.05. The van der Waals surface area contributed by atoms with E-state index in [2.05, 4.69) is 37.2 Å². The Bertz CT molecular complexity index is 557. The highest BCUT2D eigenvalue weighted by atomic mass is 79.9. The molecule has 1 aromatic carbocycles. The van der Waals surface area contributed by atoms with E-state index in [4.69, 9.17) is 4.74 Å². The van der Waals surface area contributed by atoms with Gasteiger partial charge in [0.2, 0.25) is 0 Å². The van der Waals surface area contributed by atoms with Gasteiger partial charge < -0.3 is 9.84 Å². The van der Waals surface area contributed by atoms with Crippen LogP contribution in [0.3, 0.4) is 0 Å². The second-order valence-corrected chi connectivity index (χ2v) is 5.16. The lowest BCUT2D eigenvalue weighted by atomic mass is 10.0. The maximum Gasteiger partial charge on any atom is 0.153 e. The largest absolute Gasteiger partial charge is 0.493 e. The Morgan fingerprint density at radius 1 is 1.50 bits per heavy atom. The fourth-order valence-electron chi connectivity index (χ4n) is 2.18. The molecule has 0 aliphatic carbocycles. The smallest absolute Gasteiger partial charge is 0.153 e. The SMILES string of the molecule is OC(Cc1cc(Br)cc2c1OCC2)c1ncn[nH]1. The van der Waals surface area contributed by atoms with Crippen LogP contribution in [0.5, 0.6) is 5.75 Å². The highest BCUT2D eigenvalue weighted by Crippen LogP contribution is 2.34. The van der Waals surface area contributed by atoms with Gasteiger partial charge in [0.15, 0.2) is 5.82 Å². The number of rotatable bonds is 3. The van der Waals surface area contributed by atoms with Crippen molar-refractivity contribution in [1.82, 2.24) is 15.2 Å². The van der Waals surface area contributed by atoms with Crippen LogP contribution in [0.2, 0.25) is 0 Å². The Labute approximate surface area is 112 Å². The third kappa shape index (κ3) is 2.13. The molecule has 0 amide bonds. The Kier molecular flexibility index (Phi) is 3.05. The summed E-state index contributed by atoms with van der Waals surface area (Å²) in [5.41, 5.74) is 2.17. The molecule has 1 aliphatic heterocycles. The molecule has 0 bridgehead atoms. The van der Waals surface area contributed by atoms with Gasteiger partial charge in [-0.2, -0.15) is 5.10 Å².